The van der Waals surface area contributed by atoms with Crippen molar-refractivity contribution in [2.75, 3.05) is 13.7 Å². The summed E-state index contributed by atoms with van der Waals surface area (Å²) in [5, 5.41) is 0. The monoisotopic (exact) mass is 347 g/mol. The normalized spacial score (nSPS) is 20.7. The first-order valence-electron chi connectivity index (χ1n) is 6.36. The molecule has 0 N–H and O–H groups in total. The average Bonchev–Trinajstić information content (AvgIpc) is 2.87. The van der Waals surface area contributed by atoms with Gasteiger partial charge in [0, 0.05) is 12.6 Å². The molecule has 0 aliphatic carbocycles. The second kappa shape index (κ2) is 5.81. The van der Waals surface area contributed by atoms with Crippen molar-refractivity contribution in [3.05, 3.63) is 22.7 Å². The van der Waals surface area contributed by atoms with E-state index in [0.717, 1.165) is 19.3 Å². The molecule has 1 aromatic rings. The van der Waals surface area contributed by atoms with Gasteiger partial charge in [0.2, 0.25) is 10.0 Å². The predicted octanol–water partition coefficient (Wildman–Crippen LogP) is 3.02. The fourth-order valence-electron chi connectivity index (χ4n) is 2.48. The number of methoxy groups -OCH3 is 1. The Kier molecular flexibility index (Phi) is 4.53. The summed E-state index contributed by atoms with van der Waals surface area (Å²) in [7, 11) is -1.84. The van der Waals surface area contributed by atoms with Gasteiger partial charge in [-0.15, -0.1) is 0 Å². The van der Waals surface area contributed by atoms with Crippen molar-refractivity contribution in [1.82, 2.24) is 4.31 Å². The molecule has 0 aromatic heterocycles. The number of sulfonamides is 1. The van der Waals surface area contributed by atoms with Gasteiger partial charge in [0.25, 0.3) is 0 Å². The third kappa shape index (κ3) is 2.80. The Morgan fingerprint density at radius 3 is 2.79 bits per heavy atom. The van der Waals surface area contributed by atoms with E-state index in [1.165, 1.54) is 0 Å². The van der Waals surface area contributed by atoms with E-state index in [0.29, 0.717) is 21.7 Å². The highest BCUT2D eigenvalue weighted by molar-refractivity contribution is 9.10. The summed E-state index contributed by atoms with van der Waals surface area (Å²) in [6, 6.07) is 5.02. The summed E-state index contributed by atoms with van der Waals surface area (Å²) in [5.74, 6) is 0.632. The fraction of sp³-hybridized carbons (Fsp3) is 0.538. The van der Waals surface area contributed by atoms with Gasteiger partial charge in [-0.3, -0.25) is 0 Å². The van der Waals surface area contributed by atoms with Crippen LogP contribution < -0.4 is 4.74 Å². The van der Waals surface area contributed by atoms with Gasteiger partial charge in [0.1, 0.15) is 5.75 Å². The molecular formula is C13H18BrNO3S. The van der Waals surface area contributed by atoms with E-state index in [9.17, 15) is 8.42 Å². The molecule has 0 bridgehead atoms. The van der Waals surface area contributed by atoms with Crippen LogP contribution in [0.4, 0.5) is 0 Å². The van der Waals surface area contributed by atoms with Gasteiger partial charge in [0.15, 0.2) is 0 Å². The average molecular weight is 348 g/mol. The Balaban J connectivity index is 2.37. The Bertz CT molecular complexity index is 559. The highest BCUT2D eigenvalue weighted by Gasteiger charge is 2.34. The second-order valence-electron chi connectivity index (χ2n) is 4.62. The van der Waals surface area contributed by atoms with E-state index in [2.05, 4.69) is 15.9 Å². The van der Waals surface area contributed by atoms with Crippen LogP contribution in [-0.4, -0.2) is 32.4 Å². The van der Waals surface area contributed by atoms with E-state index in [1.807, 2.05) is 6.92 Å². The van der Waals surface area contributed by atoms with Crippen LogP contribution in [0.1, 0.15) is 26.2 Å². The predicted molar refractivity (Wildman–Crippen MR) is 77.9 cm³/mol. The van der Waals surface area contributed by atoms with E-state index in [4.69, 9.17) is 4.74 Å². The molecule has 106 valence electrons. The number of hydrogen-bond acceptors (Lipinski definition) is 3. The van der Waals surface area contributed by atoms with Crippen molar-refractivity contribution in [3.63, 3.8) is 0 Å². The lowest BCUT2D eigenvalue weighted by Crippen LogP contribution is -2.35. The van der Waals surface area contributed by atoms with Crippen LogP contribution in [0, 0.1) is 0 Å². The van der Waals surface area contributed by atoms with Gasteiger partial charge >= 0.3 is 0 Å². The summed E-state index contributed by atoms with van der Waals surface area (Å²) >= 11 is 3.33. The number of halogens is 1. The van der Waals surface area contributed by atoms with E-state index in [1.54, 1.807) is 29.6 Å². The lowest BCUT2D eigenvalue weighted by molar-refractivity contribution is 0.379. The zero-order chi connectivity index (χ0) is 14.0. The molecule has 1 saturated heterocycles. The summed E-state index contributed by atoms with van der Waals surface area (Å²) < 4.78 is 32.6. The largest absolute Gasteiger partial charge is 0.496 e. The minimum Gasteiger partial charge on any atom is -0.496 e. The molecule has 1 aliphatic heterocycles. The molecule has 1 atom stereocenters. The first kappa shape index (κ1) is 14.8. The number of ether oxygens (including phenoxy) is 1. The maximum absolute atomic E-state index is 12.6. The van der Waals surface area contributed by atoms with Crippen molar-refractivity contribution >= 4 is 26.0 Å². The highest BCUT2D eigenvalue weighted by Crippen LogP contribution is 2.32. The minimum atomic E-state index is -3.40. The minimum absolute atomic E-state index is 0.130. The molecular weight excluding hydrogens is 330 g/mol. The van der Waals surface area contributed by atoms with Crippen molar-refractivity contribution in [3.8, 4) is 5.75 Å². The molecule has 1 unspecified atom stereocenters. The Hall–Kier alpha value is -0.590. The zero-order valence-corrected chi connectivity index (χ0v) is 13.5. The van der Waals surface area contributed by atoms with E-state index in [-0.39, 0.29) is 6.04 Å². The molecule has 1 aliphatic rings. The molecule has 1 heterocycles. The number of nitrogens with zero attached hydrogens (tertiary/aromatic N) is 1. The van der Waals surface area contributed by atoms with E-state index < -0.39 is 10.0 Å². The van der Waals surface area contributed by atoms with Crippen LogP contribution >= 0.6 is 15.9 Å². The number of rotatable bonds is 4. The van der Waals surface area contributed by atoms with Crippen molar-refractivity contribution in [2.45, 2.75) is 37.1 Å². The molecule has 0 radical (unpaired) electrons. The molecule has 0 saturated carbocycles. The quantitative estimate of drug-likeness (QED) is 0.840. The summed E-state index contributed by atoms with van der Waals surface area (Å²) in [4.78, 5) is 0.320. The first-order valence-corrected chi connectivity index (χ1v) is 8.59. The molecule has 1 aromatic carbocycles. The van der Waals surface area contributed by atoms with Crippen molar-refractivity contribution < 1.29 is 13.2 Å². The molecule has 0 amide bonds. The Labute approximate surface area is 122 Å². The lowest BCUT2D eigenvalue weighted by atomic mass is 10.2. The molecule has 4 nitrogen and oxygen atoms in total. The van der Waals surface area contributed by atoms with Crippen LogP contribution in [0.3, 0.4) is 0 Å². The van der Waals surface area contributed by atoms with Crippen molar-refractivity contribution in [1.29, 1.82) is 0 Å². The molecule has 0 spiro atoms. The smallest absolute Gasteiger partial charge is 0.243 e. The molecule has 19 heavy (non-hydrogen) atoms. The summed E-state index contributed by atoms with van der Waals surface area (Å²) in [5.41, 5.74) is 0. The van der Waals surface area contributed by atoms with Crippen LogP contribution in [-0.2, 0) is 10.0 Å². The Morgan fingerprint density at radius 2 is 2.21 bits per heavy atom. The topological polar surface area (TPSA) is 46.6 Å². The zero-order valence-electron chi connectivity index (χ0n) is 11.1. The Morgan fingerprint density at radius 1 is 1.47 bits per heavy atom. The molecule has 6 heteroatoms. The SMILES string of the molecule is CCC1CCCN1S(=O)(=O)c1ccc(OC)c(Br)c1. The maximum atomic E-state index is 12.6. The van der Waals surface area contributed by atoms with Crippen LogP contribution in [0.2, 0.25) is 0 Å². The lowest BCUT2D eigenvalue weighted by Gasteiger charge is -2.23. The van der Waals surface area contributed by atoms with Crippen LogP contribution in [0.5, 0.6) is 5.75 Å². The van der Waals surface area contributed by atoms with Crippen LogP contribution in [0.15, 0.2) is 27.6 Å². The van der Waals surface area contributed by atoms with Gasteiger partial charge < -0.3 is 4.74 Å². The number of hydrogen-bond donors (Lipinski definition) is 0. The summed E-state index contributed by atoms with van der Waals surface area (Å²) in [6.45, 7) is 2.65. The number of benzene rings is 1. The van der Waals surface area contributed by atoms with Gasteiger partial charge in [0.05, 0.1) is 16.5 Å². The van der Waals surface area contributed by atoms with Crippen molar-refractivity contribution in [2.24, 2.45) is 0 Å². The van der Waals surface area contributed by atoms with Crippen LogP contribution in [0.25, 0.3) is 0 Å². The van der Waals surface area contributed by atoms with Gasteiger partial charge in [-0.05, 0) is 53.4 Å². The van der Waals surface area contributed by atoms with E-state index >= 15 is 0 Å². The fourth-order valence-corrected chi connectivity index (χ4v) is 4.96. The maximum Gasteiger partial charge on any atom is 0.243 e. The third-order valence-corrected chi connectivity index (χ3v) is 6.09. The van der Waals surface area contributed by atoms with Gasteiger partial charge in [-0.1, -0.05) is 6.92 Å². The summed E-state index contributed by atoms with van der Waals surface area (Å²) in [6.07, 6.45) is 2.75. The van der Waals surface area contributed by atoms with Gasteiger partial charge in [-0.25, -0.2) is 8.42 Å². The third-order valence-electron chi connectivity index (χ3n) is 3.52. The molecule has 1 fully saturated rings. The second-order valence-corrected chi connectivity index (χ2v) is 7.36. The standard InChI is InChI=1S/C13H18BrNO3S/c1-3-10-5-4-8-15(10)19(16,17)11-6-7-13(18-2)12(14)9-11/h6-7,9-10H,3-5,8H2,1-2H3. The highest BCUT2D eigenvalue weighted by atomic mass is 79.9. The van der Waals surface area contributed by atoms with Gasteiger partial charge in [-0.2, -0.15) is 4.31 Å². The first-order chi connectivity index (χ1) is 9.00. The molecule has 2 rings (SSSR count).